The first kappa shape index (κ1) is 17.1. The van der Waals surface area contributed by atoms with Crippen molar-refractivity contribution in [3.63, 3.8) is 0 Å². The third-order valence-corrected chi connectivity index (χ3v) is 4.60. The molecule has 5 nitrogen and oxygen atoms in total. The van der Waals surface area contributed by atoms with Gasteiger partial charge in [0.25, 0.3) is 0 Å². The lowest BCUT2D eigenvalue weighted by Gasteiger charge is -2.25. The van der Waals surface area contributed by atoms with Crippen molar-refractivity contribution >= 4 is 21.6 Å². The van der Waals surface area contributed by atoms with Gasteiger partial charge in [0.05, 0.1) is 6.26 Å². The minimum Gasteiger partial charge on any atom is -0.324 e. The summed E-state index contributed by atoms with van der Waals surface area (Å²) in [5.74, 6) is -1.05. The van der Waals surface area contributed by atoms with Gasteiger partial charge < -0.3 is 5.32 Å². The zero-order valence-corrected chi connectivity index (χ0v) is 13.5. The van der Waals surface area contributed by atoms with Crippen molar-refractivity contribution in [2.45, 2.75) is 6.04 Å². The standard InChI is InChI=1S/C16H17FN2O3S/c1-19(23(2,21)22)15(12-7-4-3-5-8-12)16(20)18-14-10-6-9-13(17)11-14/h3-11,15H,1-2H3,(H,18,20). The number of likely N-dealkylation sites (N-methyl/N-ethyl adjacent to an activating group) is 1. The number of halogens is 1. The van der Waals surface area contributed by atoms with Gasteiger partial charge in [-0.3, -0.25) is 4.79 Å². The summed E-state index contributed by atoms with van der Waals surface area (Å²) in [5.41, 5.74) is 0.784. The minimum atomic E-state index is -3.60. The Labute approximate surface area is 134 Å². The first-order valence-electron chi connectivity index (χ1n) is 6.83. The lowest BCUT2D eigenvalue weighted by Crippen LogP contribution is -2.38. The highest BCUT2D eigenvalue weighted by Gasteiger charge is 2.30. The van der Waals surface area contributed by atoms with Gasteiger partial charge >= 0.3 is 0 Å². The normalized spacial score (nSPS) is 12.9. The van der Waals surface area contributed by atoms with Gasteiger partial charge in [0.1, 0.15) is 11.9 Å². The Bertz CT molecular complexity index is 794. The minimum absolute atomic E-state index is 0.262. The summed E-state index contributed by atoms with van der Waals surface area (Å²) in [6.07, 6.45) is 1.03. The van der Waals surface area contributed by atoms with E-state index in [0.29, 0.717) is 5.56 Å². The number of carbonyl (C=O) groups is 1. The monoisotopic (exact) mass is 336 g/mol. The van der Waals surface area contributed by atoms with Gasteiger partial charge in [-0.2, -0.15) is 4.31 Å². The molecule has 122 valence electrons. The molecule has 23 heavy (non-hydrogen) atoms. The number of rotatable bonds is 5. The molecule has 1 amide bonds. The maximum atomic E-state index is 13.2. The van der Waals surface area contributed by atoms with Crippen LogP contribution in [-0.2, 0) is 14.8 Å². The number of hydrogen-bond acceptors (Lipinski definition) is 3. The third-order valence-electron chi connectivity index (χ3n) is 3.34. The summed E-state index contributed by atoms with van der Waals surface area (Å²) in [6, 6.07) is 12.9. The Hall–Kier alpha value is -2.25. The molecule has 0 aliphatic heterocycles. The van der Waals surface area contributed by atoms with E-state index in [1.54, 1.807) is 30.3 Å². The zero-order chi connectivity index (χ0) is 17.0. The highest BCUT2D eigenvalue weighted by Crippen LogP contribution is 2.23. The molecule has 2 aromatic rings. The number of benzene rings is 2. The number of anilines is 1. The fourth-order valence-electron chi connectivity index (χ4n) is 2.13. The topological polar surface area (TPSA) is 66.5 Å². The Kier molecular flexibility index (Phi) is 5.12. The Morgan fingerprint density at radius 3 is 2.35 bits per heavy atom. The molecule has 0 saturated heterocycles. The fraction of sp³-hybridized carbons (Fsp3) is 0.188. The molecule has 2 rings (SSSR count). The molecule has 0 radical (unpaired) electrons. The highest BCUT2D eigenvalue weighted by atomic mass is 32.2. The predicted molar refractivity (Wildman–Crippen MR) is 86.8 cm³/mol. The molecular formula is C16H17FN2O3S. The van der Waals surface area contributed by atoms with Crippen molar-refractivity contribution in [1.82, 2.24) is 4.31 Å². The lowest BCUT2D eigenvalue weighted by molar-refractivity contribution is -0.119. The number of sulfonamides is 1. The van der Waals surface area contributed by atoms with Crippen LogP contribution in [0.3, 0.4) is 0 Å². The van der Waals surface area contributed by atoms with E-state index in [2.05, 4.69) is 5.32 Å². The highest BCUT2D eigenvalue weighted by molar-refractivity contribution is 7.88. The molecule has 0 spiro atoms. The number of carbonyl (C=O) groups excluding carboxylic acids is 1. The van der Waals surface area contributed by atoms with Crippen molar-refractivity contribution in [2.24, 2.45) is 0 Å². The molecule has 0 bridgehead atoms. The largest absolute Gasteiger partial charge is 0.324 e. The molecule has 1 atom stereocenters. The van der Waals surface area contributed by atoms with E-state index < -0.39 is 27.8 Å². The number of nitrogens with zero attached hydrogens (tertiary/aromatic N) is 1. The van der Waals surface area contributed by atoms with Gasteiger partial charge in [0, 0.05) is 12.7 Å². The molecule has 0 heterocycles. The van der Waals surface area contributed by atoms with Crippen molar-refractivity contribution in [3.8, 4) is 0 Å². The number of amides is 1. The summed E-state index contributed by atoms with van der Waals surface area (Å²) >= 11 is 0. The Morgan fingerprint density at radius 1 is 1.13 bits per heavy atom. The van der Waals surface area contributed by atoms with Crippen LogP contribution < -0.4 is 5.32 Å². The van der Waals surface area contributed by atoms with Crippen LogP contribution in [0.1, 0.15) is 11.6 Å². The summed E-state index contributed by atoms with van der Waals surface area (Å²) in [5, 5.41) is 2.55. The lowest BCUT2D eigenvalue weighted by atomic mass is 10.1. The molecule has 0 fully saturated rings. The zero-order valence-electron chi connectivity index (χ0n) is 12.7. The second kappa shape index (κ2) is 6.89. The average molecular weight is 336 g/mol. The summed E-state index contributed by atoms with van der Waals surface area (Å²) < 4.78 is 37.9. The van der Waals surface area contributed by atoms with Gasteiger partial charge in [0.15, 0.2) is 0 Å². The van der Waals surface area contributed by atoms with E-state index in [1.165, 1.54) is 31.3 Å². The second-order valence-corrected chi connectivity index (χ2v) is 7.13. The predicted octanol–water partition coefficient (Wildman–Crippen LogP) is 2.40. The average Bonchev–Trinajstić information content (AvgIpc) is 2.47. The van der Waals surface area contributed by atoms with Crippen LogP contribution in [0.25, 0.3) is 0 Å². The smallest absolute Gasteiger partial charge is 0.247 e. The van der Waals surface area contributed by atoms with Gasteiger partial charge in [-0.15, -0.1) is 0 Å². The van der Waals surface area contributed by atoms with Gasteiger partial charge in [-0.1, -0.05) is 36.4 Å². The van der Waals surface area contributed by atoms with Gasteiger partial charge in [-0.25, -0.2) is 12.8 Å². The molecule has 0 saturated carbocycles. The van der Waals surface area contributed by atoms with Gasteiger partial charge in [0.2, 0.25) is 15.9 Å². The molecular weight excluding hydrogens is 319 g/mol. The summed E-state index contributed by atoms with van der Waals surface area (Å²) in [6.45, 7) is 0. The number of nitrogens with one attached hydrogen (secondary N) is 1. The van der Waals surface area contributed by atoms with Crippen LogP contribution in [0, 0.1) is 5.82 Å². The molecule has 7 heteroatoms. The summed E-state index contributed by atoms with van der Waals surface area (Å²) in [4.78, 5) is 12.6. The van der Waals surface area contributed by atoms with E-state index in [1.807, 2.05) is 0 Å². The maximum absolute atomic E-state index is 13.2. The first-order chi connectivity index (χ1) is 10.8. The van der Waals surface area contributed by atoms with Crippen LogP contribution in [0.5, 0.6) is 0 Å². The van der Waals surface area contributed by atoms with E-state index in [9.17, 15) is 17.6 Å². The number of hydrogen-bond donors (Lipinski definition) is 1. The van der Waals surface area contributed by atoms with Crippen LogP contribution >= 0.6 is 0 Å². The van der Waals surface area contributed by atoms with Crippen molar-refractivity contribution < 1.29 is 17.6 Å². The van der Waals surface area contributed by atoms with Crippen molar-refractivity contribution in [2.75, 3.05) is 18.6 Å². The van der Waals surface area contributed by atoms with Crippen LogP contribution in [0.15, 0.2) is 54.6 Å². The molecule has 1 N–H and O–H groups in total. The summed E-state index contributed by atoms with van der Waals surface area (Å²) in [7, 11) is -2.27. The van der Waals surface area contributed by atoms with E-state index in [-0.39, 0.29) is 5.69 Å². The Morgan fingerprint density at radius 2 is 1.78 bits per heavy atom. The molecule has 0 aliphatic carbocycles. The van der Waals surface area contributed by atoms with E-state index in [4.69, 9.17) is 0 Å². The second-order valence-electron chi connectivity index (χ2n) is 5.09. The van der Waals surface area contributed by atoms with E-state index >= 15 is 0 Å². The van der Waals surface area contributed by atoms with Crippen LogP contribution in [-0.4, -0.2) is 31.9 Å². The first-order valence-corrected chi connectivity index (χ1v) is 8.68. The quantitative estimate of drug-likeness (QED) is 0.912. The van der Waals surface area contributed by atoms with Gasteiger partial charge in [-0.05, 0) is 23.8 Å². The molecule has 1 unspecified atom stereocenters. The molecule has 0 aromatic heterocycles. The fourth-order valence-corrected chi connectivity index (χ4v) is 2.73. The SMILES string of the molecule is CN(C(C(=O)Nc1cccc(F)c1)c1ccccc1)S(C)(=O)=O. The van der Waals surface area contributed by atoms with E-state index in [0.717, 1.165) is 10.6 Å². The van der Waals surface area contributed by atoms with Crippen molar-refractivity contribution in [1.29, 1.82) is 0 Å². The third kappa shape index (κ3) is 4.37. The Balaban J connectivity index is 2.35. The van der Waals surface area contributed by atoms with Crippen LogP contribution in [0.2, 0.25) is 0 Å². The van der Waals surface area contributed by atoms with Crippen molar-refractivity contribution in [3.05, 3.63) is 66.0 Å². The van der Waals surface area contributed by atoms with Crippen LogP contribution in [0.4, 0.5) is 10.1 Å². The molecule has 2 aromatic carbocycles. The molecule has 0 aliphatic rings. The maximum Gasteiger partial charge on any atom is 0.247 e.